The van der Waals surface area contributed by atoms with E-state index in [2.05, 4.69) is 10.6 Å². The Balaban J connectivity index is 1.39. The zero-order chi connectivity index (χ0) is 25.9. The van der Waals surface area contributed by atoms with Crippen molar-refractivity contribution in [3.05, 3.63) is 95.3 Å². The quantitative estimate of drug-likeness (QED) is 0.462. The van der Waals surface area contributed by atoms with Gasteiger partial charge in [-0.2, -0.15) is 0 Å². The number of aliphatic carboxylic acids is 1. The SMILES string of the molecule is O=C(NC(Cc1ccccc1)C(=O)N[C@H]1CCc2ccn3c2C1C(=O)C[C@H](C(=O)O)C3)c1ccccc1. The molecule has 3 aromatic rings. The van der Waals surface area contributed by atoms with Gasteiger partial charge in [-0.15, -0.1) is 0 Å². The van der Waals surface area contributed by atoms with Crippen LogP contribution < -0.4 is 10.6 Å². The molecular formula is C29H29N3O5. The summed E-state index contributed by atoms with van der Waals surface area (Å²) in [4.78, 5) is 51.6. The summed E-state index contributed by atoms with van der Waals surface area (Å²) >= 11 is 0. The molecular weight excluding hydrogens is 470 g/mol. The molecule has 1 aliphatic carbocycles. The van der Waals surface area contributed by atoms with E-state index in [9.17, 15) is 24.3 Å². The molecule has 0 saturated carbocycles. The molecule has 0 bridgehead atoms. The molecule has 0 radical (unpaired) electrons. The van der Waals surface area contributed by atoms with Crippen molar-refractivity contribution in [1.29, 1.82) is 0 Å². The van der Waals surface area contributed by atoms with Crippen molar-refractivity contribution in [2.45, 2.75) is 50.2 Å². The Morgan fingerprint density at radius 3 is 2.41 bits per heavy atom. The van der Waals surface area contributed by atoms with Gasteiger partial charge in [0.1, 0.15) is 11.8 Å². The van der Waals surface area contributed by atoms with Crippen LogP contribution >= 0.6 is 0 Å². The van der Waals surface area contributed by atoms with Crippen molar-refractivity contribution >= 4 is 23.6 Å². The first kappa shape index (κ1) is 24.5. The Labute approximate surface area is 214 Å². The maximum atomic E-state index is 13.6. The maximum Gasteiger partial charge on any atom is 0.308 e. The summed E-state index contributed by atoms with van der Waals surface area (Å²) in [7, 11) is 0. The largest absolute Gasteiger partial charge is 0.481 e. The Morgan fingerprint density at radius 1 is 1.00 bits per heavy atom. The first-order valence-electron chi connectivity index (χ1n) is 12.5. The van der Waals surface area contributed by atoms with Crippen molar-refractivity contribution in [1.82, 2.24) is 15.2 Å². The number of hydrogen-bond acceptors (Lipinski definition) is 4. The molecule has 0 spiro atoms. The minimum atomic E-state index is -0.999. The van der Waals surface area contributed by atoms with Gasteiger partial charge in [0, 0.05) is 42.9 Å². The average molecular weight is 500 g/mol. The van der Waals surface area contributed by atoms with E-state index < -0.39 is 29.9 Å². The Morgan fingerprint density at radius 2 is 1.70 bits per heavy atom. The fourth-order valence-corrected chi connectivity index (χ4v) is 5.49. The number of carboxylic acid groups (broad SMARTS) is 1. The van der Waals surface area contributed by atoms with Crippen LogP contribution in [0, 0.1) is 5.92 Å². The third kappa shape index (κ3) is 5.18. The zero-order valence-corrected chi connectivity index (χ0v) is 20.3. The lowest BCUT2D eigenvalue weighted by molar-refractivity contribution is -0.144. The van der Waals surface area contributed by atoms with Crippen molar-refractivity contribution < 1.29 is 24.3 Å². The second-order valence-electron chi connectivity index (χ2n) is 9.80. The van der Waals surface area contributed by atoms with Crippen molar-refractivity contribution in [2.75, 3.05) is 0 Å². The van der Waals surface area contributed by atoms with Crippen molar-refractivity contribution in [3.8, 4) is 0 Å². The minimum absolute atomic E-state index is 0.0777. The number of amides is 2. The molecule has 1 aromatic heterocycles. The standard InChI is InChI=1S/C29H29N3O5/c33-24-16-21(29(36)37)17-32-14-13-19-11-12-22(25(24)26(19)32)30-28(35)23(15-18-7-3-1-4-8-18)31-27(34)20-9-5-2-6-10-20/h1-10,13-14,21-23,25H,11-12,15-17H2,(H,30,35)(H,31,34)(H,36,37)/t21-,22-,23?,25?/m0/s1. The van der Waals surface area contributed by atoms with E-state index >= 15 is 0 Å². The first-order chi connectivity index (χ1) is 17.9. The molecule has 8 nitrogen and oxygen atoms in total. The van der Waals surface area contributed by atoms with Crippen LogP contribution in [0.15, 0.2) is 72.9 Å². The molecule has 3 N–H and O–H groups in total. The monoisotopic (exact) mass is 499 g/mol. The fraction of sp³-hybridized carbons (Fsp3) is 0.310. The van der Waals surface area contributed by atoms with Crippen LogP contribution in [0.5, 0.6) is 0 Å². The summed E-state index contributed by atoms with van der Waals surface area (Å²) in [5, 5.41) is 15.5. The molecule has 190 valence electrons. The Kier molecular flexibility index (Phi) is 6.90. The number of Topliss-reactive ketones (excluding diaryl/α,β-unsaturated/α-hetero) is 1. The van der Waals surface area contributed by atoms with Crippen LogP contribution in [-0.4, -0.2) is 45.3 Å². The average Bonchev–Trinajstić information content (AvgIpc) is 3.23. The highest BCUT2D eigenvalue weighted by molar-refractivity contribution is 5.98. The maximum absolute atomic E-state index is 13.6. The van der Waals surface area contributed by atoms with Crippen LogP contribution in [0.25, 0.3) is 0 Å². The molecule has 2 aliphatic rings. The second kappa shape index (κ2) is 10.4. The van der Waals surface area contributed by atoms with Gasteiger partial charge in [0.2, 0.25) is 5.91 Å². The predicted octanol–water partition coefficient (Wildman–Crippen LogP) is 2.72. The number of carbonyl (C=O) groups is 4. The first-order valence-corrected chi connectivity index (χ1v) is 12.5. The summed E-state index contributed by atoms with van der Waals surface area (Å²) in [5.74, 6) is -3.32. The molecule has 2 unspecified atom stereocenters. The van der Waals surface area contributed by atoms with Gasteiger partial charge in [-0.05, 0) is 42.2 Å². The number of aromatic nitrogens is 1. The van der Waals surface area contributed by atoms with Crippen LogP contribution in [0.1, 0.15) is 45.9 Å². The van der Waals surface area contributed by atoms with Gasteiger partial charge in [-0.25, -0.2) is 0 Å². The van der Waals surface area contributed by atoms with Gasteiger partial charge >= 0.3 is 5.97 Å². The minimum Gasteiger partial charge on any atom is -0.481 e. The number of carbonyl (C=O) groups excluding carboxylic acids is 3. The topological polar surface area (TPSA) is 118 Å². The molecule has 2 aromatic carbocycles. The molecule has 5 rings (SSSR count). The van der Waals surface area contributed by atoms with E-state index in [1.54, 1.807) is 24.3 Å². The molecule has 8 heteroatoms. The van der Waals surface area contributed by atoms with Crippen molar-refractivity contribution in [3.63, 3.8) is 0 Å². The summed E-state index contributed by atoms with van der Waals surface area (Å²) < 4.78 is 1.86. The lowest BCUT2D eigenvalue weighted by Crippen LogP contribution is -2.53. The van der Waals surface area contributed by atoms with Crippen LogP contribution in [0.4, 0.5) is 0 Å². The van der Waals surface area contributed by atoms with Gasteiger partial charge in [-0.1, -0.05) is 48.5 Å². The van der Waals surface area contributed by atoms with E-state index in [0.29, 0.717) is 24.8 Å². The van der Waals surface area contributed by atoms with Crippen LogP contribution in [0.2, 0.25) is 0 Å². The smallest absolute Gasteiger partial charge is 0.308 e. The number of nitrogens with one attached hydrogen (secondary N) is 2. The van der Waals surface area contributed by atoms with Gasteiger partial charge in [-0.3, -0.25) is 19.2 Å². The number of rotatable bonds is 7. The van der Waals surface area contributed by atoms with E-state index in [0.717, 1.165) is 16.8 Å². The van der Waals surface area contributed by atoms with E-state index in [4.69, 9.17) is 0 Å². The van der Waals surface area contributed by atoms with Gasteiger partial charge in [0.25, 0.3) is 5.91 Å². The van der Waals surface area contributed by atoms with E-state index in [1.165, 1.54) is 0 Å². The highest BCUT2D eigenvalue weighted by Gasteiger charge is 2.42. The lowest BCUT2D eigenvalue weighted by Gasteiger charge is -2.33. The van der Waals surface area contributed by atoms with Crippen molar-refractivity contribution in [2.24, 2.45) is 5.92 Å². The van der Waals surface area contributed by atoms with E-state index in [1.807, 2.05) is 53.2 Å². The molecule has 0 fully saturated rings. The third-order valence-electron chi connectivity index (χ3n) is 7.34. The summed E-state index contributed by atoms with van der Waals surface area (Å²) in [5.41, 5.74) is 3.17. The Hall–Kier alpha value is -4.20. The van der Waals surface area contributed by atoms with E-state index in [-0.39, 0.29) is 30.6 Å². The van der Waals surface area contributed by atoms with Crippen LogP contribution in [-0.2, 0) is 33.8 Å². The fourth-order valence-electron chi connectivity index (χ4n) is 5.49. The molecule has 2 amide bonds. The molecule has 0 saturated heterocycles. The van der Waals surface area contributed by atoms with Gasteiger partial charge in [0.05, 0.1) is 11.8 Å². The Bertz CT molecular complexity index is 1320. The van der Waals surface area contributed by atoms with Gasteiger partial charge in [0.15, 0.2) is 0 Å². The molecule has 2 heterocycles. The molecule has 4 atom stereocenters. The number of nitrogens with zero attached hydrogens (tertiary/aromatic N) is 1. The van der Waals surface area contributed by atoms with Crippen LogP contribution in [0.3, 0.4) is 0 Å². The molecule has 37 heavy (non-hydrogen) atoms. The van der Waals surface area contributed by atoms with Gasteiger partial charge < -0.3 is 20.3 Å². The highest BCUT2D eigenvalue weighted by atomic mass is 16.4. The second-order valence-corrected chi connectivity index (χ2v) is 9.80. The third-order valence-corrected chi connectivity index (χ3v) is 7.34. The summed E-state index contributed by atoms with van der Waals surface area (Å²) in [6.07, 6.45) is 3.29. The number of aryl methyl sites for hydroxylation is 1. The zero-order valence-electron chi connectivity index (χ0n) is 20.3. The number of benzene rings is 2. The molecule has 1 aliphatic heterocycles. The number of carboxylic acids is 1. The number of hydrogen-bond donors (Lipinski definition) is 3. The summed E-state index contributed by atoms with van der Waals surface area (Å²) in [6.45, 7) is 0.233. The lowest BCUT2D eigenvalue weighted by atomic mass is 9.79. The highest BCUT2D eigenvalue weighted by Crippen LogP contribution is 2.38. The number of ketones is 1. The normalized spacial score (nSPS) is 21.3. The summed E-state index contributed by atoms with van der Waals surface area (Å²) in [6, 6.07) is 18.8. The predicted molar refractivity (Wildman–Crippen MR) is 136 cm³/mol.